The molecule has 1 heterocycles. The summed E-state index contributed by atoms with van der Waals surface area (Å²) in [4.78, 5) is 42.8. The van der Waals surface area contributed by atoms with E-state index in [0.717, 1.165) is 48.3 Å². The van der Waals surface area contributed by atoms with Crippen molar-refractivity contribution in [2.24, 2.45) is 5.73 Å². The van der Waals surface area contributed by atoms with Gasteiger partial charge in [0.25, 0.3) is 0 Å². The molecular formula is C31H35Cl2N5O3. The highest BCUT2D eigenvalue weighted by Gasteiger charge is 2.27. The molecule has 1 atom stereocenters. The summed E-state index contributed by atoms with van der Waals surface area (Å²) in [5.41, 5.74) is 9.82. The SMILES string of the molecule is CC(=O)Nc1cccc(-c2ccc([C@H](CN3CCCC3)N(C)C(=O)CN(CC(N)=O)c3ccc(Cl)c(Cl)c3)cc2)c1. The molecule has 3 N–H and O–H groups in total. The molecule has 1 aliphatic heterocycles. The summed E-state index contributed by atoms with van der Waals surface area (Å²) < 4.78 is 0. The topological polar surface area (TPSA) is 99.0 Å². The summed E-state index contributed by atoms with van der Waals surface area (Å²) in [6.45, 7) is 3.97. The predicted octanol–water partition coefficient (Wildman–Crippen LogP) is 5.21. The molecule has 0 spiro atoms. The second kappa shape index (κ2) is 13.9. The molecule has 0 saturated carbocycles. The summed E-state index contributed by atoms with van der Waals surface area (Å²) >= 11 is 12.3. The number of likely N-dealkylation sites (N-methyl/N-ethyl adjacent to an activating group) is 1. The number of anilines is 2. The number of hydrogen-bond acceptors (Lipinski definition) is 5. The molecular weight excluding hydrogens is 561 g/mol. The predicted molar refractivity (Wildman–Crippen MR) is 165 cm³/mol. The minimum Gasteiger partial charge on any atom is -0.368 e. The van der Waals surface area contributed by atoms with E-state index >= 15 is 0 Å². The smallest absolute Gasteiger partial charge is 0.242 e. The number of nitrogens with two attached hydrogens (primary N) is 1. The molecule has 0 aromatic heterocycles. The average Bonchev–Trinajstić information content (AvgIpc) is 3.45. The van der Waals surface area contributed by atoms with Crippen molar-refractivity contribution >= 4 is 52.3 Å². The van der Waals surface area contributed by atoms with E-state index in [2.05, 4.69) is 10.2 Å². The number of amides is 3. The number of primary amides is 1. The Hall–Kier alpha value is -3.59. The van der Waals surface area contributed by atoms with Crippen LogP contribution in [0.1, 0.15) is 31.4 Å². The van der Waals surface area contributed by atoms with E-state index in [-0.39, 0.29) is 30.9 Å². The highest BCUT2D eigenvalue weighted by atomic mass is 35.5. The van der Waals surface area contributed by atoms with E-state index in [4.69, 9.17) is 28.9 Å². The lowest BCUT2D eigenvalue weighted by molar-refractivity contribution is -0.131. The third-order valence-corrected chi connectivity index (χ3v) is 7.98. The van der Waals surface area contributed by atoms with Crippen LogP contribution in [-0.4, -0.2) is 67.3 Å². The Morgan fingerprint density at radius 2 is 1.63 bits per heavy atom. The van der Waals surface area contributed by atoms with Gasteiger partial charge in [-0.2, -0.15) is 0 Å². The lowest BCUT2D eigenvalue weighted by Gasteiger charge is -2.34. The zero-order valence-electron chi connectivity index (χ0n) is 23.3. The first-order valence-electron chi connectivity index (χ1n) is 13.5. The monoisotopic (exact) mass is 595 g/mol. The number of carbonyl (C=O) groups excluding carboxylic acids is 3. The van der Waals surface area contributed by atoms with E-state index in [1.165, 1.54) is 6.92 Å². The Balaban J connectivity index is 1.57. The van der Waals surface area contributed by atoms with E-state index in [0.29, 0.717) is 22.3 Å². The van der Waals surface area contributed by atoms with Crippen LogP contribution in [0.2, 0.25) is 10.0 Å². The molecule has 0 aliphatic carbocycles. The minimum absolute atomic E-state index is 0.0536. The van der Waals surface area contributed by atoms with Gasteiger partial charge in [0.1, 0.15) is 0 Å². The normalized spacial score (nSPS) is 14.0. The van der Waals surface area contributed by atoms with E-state index < -0.39 is 5.91 Å². The van der Waals surface area contributed by atoms with Crippen molar-refractivity contribution in [3.63, 3.8) is 0 Å². The number of carbonyl (C=O) groups is 3. The molecule has 1 fully saturated rings. The van der Waals surface area contributed by atoms with Crippen LogP contribution in [0.3, 0.4) is 0 Å². The van der Waals surface area contributed by atoms with Crippen molar-refractivity contribution in [2.45, 2.75) is 25.8 Å². The number of benzene rings is 3. The third kappa shape index (κ3) is 8.22. The first kappa shape index (κ1) is 30.4. The van der Waals surface area contributed by atoms with Gasteiger partial charge in [0.2, 0.25) is 17.7 Å². The minimum atomic E-state index is -0.557. The van der Waals surface area contributed by atoms with Gasteiger partial charge in [0, 0.05) is 31.9 Å². The van der Waals surface area contributed by atoms with E-state index in [9.17, 15) is 14.4 Å². The first-order chi connectivity index (χ1) is 19.6. The molecule has 0 bridgehead atoms. The summed E-state index contributed by atoms with van der Waals surface area (Å²) in [6.07, 6.45) is 2.27. The summed E-state index contributed by atoms with van der Waals surface area (Å²) in [5, 5.41) is 3.53. The van der Waals surface area contributed by atoms with Crippen LogP contribution >= 0.6 is 23.2 Å². The van der Waals surface area contributed by atoms with Crippen LogP contribution in [0.4, 0.5) is 11.4 Å². The maximum atomic E-state index is 13.7. The molecule has 1 saturated heterocycles. The van der Waals surface area contributed by atoms with E-state index in [1.54, 1.807) is 35.0 Å². The van der Waals surface area contributed by atoms with Gasteiger partial charge in [0.05, 0.1) is 29.2 Å². The molecule has 0 unspecified atom stereocenters. The van der Waals surface area contributed by atoms with Gasteiger partial charge < -0.3 is 25.8 Å². The molecule has 0 radical (unpaired) electrons. The number of likely N-dealkylation sites (tertiary alicyclic amines) is 1. The standard InChI is InChI=1S/C31H35Cl2N5O3/c1-21(39)35-25-7-5-6-24(16-25)22-8-10-23(11-9-22)29(18-37-14-3-4-15-37)36(2)31(41)20-38(19-30(34)40)26-12-13-27(32)28(33)17-26/h5-13,16-17,29H,3-4,14-15,18-20H2,1-2H3,(H2,34,40)(H,35,39)/t29-/m0/s1. The van der Waals surface area contributed by atoms with Crippen molar-refractivity contribution in [3.05, 3.63) is 82.3 Å². The average molecular weight is 597 g/mol. The van der Waals surface area contributed by atoms with Gasteiger partial charge in [0.15, 0.2) is 0 Å². The van der Waals surface area contributed by atoms with Crippen LogP contribution < -0.4 is 16.0 Å². The molecule has 216 valence electrons. The van der Waals surface area contributed by atoms with Crippen LogP contribution in [0.5, 0.6) is 0 Å². The molecule has 8 nitrogen and oxygen atoms in total. The second-order valence-electron chi connectivity index (χ2n) is 10.3. The third-order valence-electron chi connectivity index (χ3n) is 7.24. The Bertz CT molecular complexity index is 1390. The van der Waals surface area contributed by atoms with Gasteiger partial charge in [-0.3, -0.25) is 14.4 Å². The van der Waals surface area contributed by atoms with Crippen molar-refractivity contribution in [2.75, 3.05) is 50.0 Å². The molecule has 3 aromatic carbocycles. The van der Waals surface area contributed by atoms with Crippen LogP contribution in [-0.2, 0) is 14.4 Å². The first-order valence-corrected chi connectivity index (χ1v) is 14.3. The molecule has 3 aromatic rings. The van der Waals surface area contributed by atoms with Crippen molar-refractivity contribution in [1.29, 1.82) is 0 Å². The zero-order valence-corrected chi connectivity index (χ0v) is 24.8. The lowest BCUT2D eigenvalue weighted by Crippen LogP contribution is -2.45. The van der Waals surface area contributed by atoms with Crippen LogP contribution in [0, 0.1) is 0 Å². The van der Waals surface area contributed by atoms with Crippen LogP contribution in [0.25, 0.3) is 11.1 Å². The maximum Gasteiger partial charge on any atom is 0.242 e. The maximum absolute atomic E-state index is 13.7. The fraction of sp³-hybridized carbons (Fsp3) is 0.323. The number of halogens is 2. The highest BCUT2D eigenvalue weighted by Crippen LogP contribution is 2.30. The van der Waals surface area contributed by atoms with Crippen LogP contribution in [0.15, 0.2) is 66.7 Å². The number of nitrogens with one attached hydrogen (secondary N) is 1. The zero-order chi connectivity index (χ0) is 29.5. The van der Waals surface area contributed by atoms with Gasteiger partial charge in [-0.15, -0.1) is 0 Å². The lowest BCUT2D eigenvalue weighted by atomic mass is 9.99. The molecule has 4 rings (SSSR count). The van der Waals surface area contributed by atoms with Crippen molar-refractivity contribution in [3.8, 4) is 11.1 Å². The second-order valence-corrected chi connectivity index (χ2v) is 11.1. The van der Waals surface area contributed by atoms with E-state index in [1.807, 2.05) is 48.5 Å². The summed E-state index contributed by atoms with van der Waals surface area (Å²) in [5.74, 6) is -0.838. The molecule has 1 aliphatic rings. The van der Waals surface area contributed by atoms with Crippen molar-refractivity contribution < 1.29 is 14.4 Å². The fourth-order valence-electron chi connectivity index (χ4n) is 5.10. The number of nitrogens with zero attached hydrogens (tertiary/aromatic N) is 3. The van der Waals surface area contributed by atoms with Crippen molar-refractivity contribution in [1.82, 2.24) is 9.80 Å². The molecule has 10 heteroatoms. The fourth-order valence-corrected chi connectivity index (χ4v) is 5.39. The quantitative estimate of drug-likeness (QED) is 0.317. The van der Waals surface area contributed by atoms with Gasteiger partial charge >= 0.3 is 0 Å². The highest BCUT2D eigenvalue weighted by molar-refractivity contribution is 6.42. The van der Waals surface area contributed by atoms with Gasteiger partial charge in [-0.05, 0) is 73.0 Å². The largest absolute Gasteiger partial charge is 0.368 e. The Labute approximate surface area is 251 Å². The molecule has 3 amide bonds. The molecule has 41 heavy (non-hydrogen) atoms. The number of rotatable bonds is 11. The summed E-state index contributed by atoms with van der Waals surface area (Å²) in [6, 6.07) is 20.6. The van der Waals surface area contributed by atoms with Gasteiger partial charge in [-0.25, -0.2) is 0 Å². The Morgan fingerprint density at radius 1 is 0.927 bits per heavy atom. The van der Waals surface area contributed by atoms with Gasteiger partial charge in [-0.1, -0.05) is 59.6 Å². The Kier molecular flexibility index (Phi) is 10.3. The number of hydrogen-bond donors (Lipinski definition) is 2. The Morgan fingerprint density at radius 3 is 2.27 bits per heavy atom. The summed E-state index contributed by atoms with van der Waals surface area (Å²) in [7, 11) is 1.80.